The number of hydrogen-bond acceptors (Lipinski definition) is 3. The van der Waals surface area contributed by atoms with Gasteiger partial charge in [0.2, 0.25) is 0 Å². The maximum Gasteiger partial charge on any atom is 0.163 e. The Balaban J connectivity index is 2.22. The molecule has 0 aliphatic carbocycles. The zero-order valence-electron chi connectivity index (χ0n) is 12.2. The molecule has 5 heteroatoms. The zero-order chi connectivity index (χ0) is 16.1. The molecule has 0 fully saturated rings. The first-order valence-corrected chi connectivity index (χ1v) is 8.13. The molecule has 1 aromatic carbocycles. The van der Waals surface area contributed by atoms with Gasteiger partial charge in [-0.05, 0) is 65.3 Å². The number of carbonyl (C=O) groups is 1. The summed E-state index contributed by atoms with van der Waals surface area (Å²) in [5.74, 6) is -0.331. The van der Waals surface area contributed by atoms with Crippen LogP contribution in [0.15, 0.2) is 36.7 Å². The number of ketones is 1. The van der Waals surface area contributed by atoms with Crippen LogP contribution in [0, 0.1) is 9.39 Å². The van der Waals surface area contributed by atoms with Gasteiger partial charge in [-0.15, -0.1) is 0 Å². The highest BCUT2D eigenvalue weighted by atomic mass is 127. The summed E-state index contributed by atoms with van der Waals surface area (Å²) in [6.45, 7) is 1.65. The smallest absolute Gasteiger partial charge is 0.163 e. The predicted octanol–water partition coefficient (Wildman–Crippen LogP) is 3.76. The van der Waals surface area contributed by atoms with E-state index in [2.05, 4.69) is 27.6 Å². The minimum Gasteiger partial charge on any atom is -0.393 e. The van der Waals surface area contributed by atoms with Gasteiger partial charge in [-0.2, -0.15) is 0 Å². The van der Waals surface area contributed by atoms with Crippen molar-refractivity contribution < 1.29 is 14.3 Å². The lowest BCUT2D eigenvalue weighted by Crippen LogP contribution is -2.09. The molecule has 2 aromatic rings. The highest BCUT2D eigenvalue weighted by molar-refractivity contribution is 14.1. The molecular weight excluding hydrogens is 396 g/mol. The number of rotatable bonds is 6. The second-order valence-corrected chi connectivity index (χ2v) is 6.50. The molecule has 22 heavy (non-hydrogen) atoms. The monoisotopic (exact) mass is 413 g/mol. The van der Waals surface area contributed by atoms with Crippen molar-refractivity contribution in [2.75, 3.05) is 0 Å². The molecule has 0 unspecified atom stereocenters. The van der Waals surface area contributed by atoms with E-state index in [1.54, 1.807) is 31.5 Å². The van der Waals surface area contributed by atoms with Crippen LogP contribution in [0.1, 0.15) is 41.3 Å². The lowest BCUT2D eigenvalue weighted by atomic mass is 9.96. The molecule has 0 saturated heterocycles. The van der Waals surface area contributed by atoms with E-state index < -0.39 is 6.10 Å². The van der Waals surface area contributed by atoms with Crippen molar-refractivity contribution >= 4 is 28.4 Å². The molecule has 0 saturated carbocycles. The van der Waals surface area contributed by atoms with Crippen molar-refractivity contribution in [2.24, 2.45) is 0 Å². The Morgan fingerprint density at radius 3 is 2.82 bits per heavy atom. The average molecular weight is 413 g/mol. The number of aromatic nitrogens is 1. The third-order valence-corrected chi connectivity index (χ3v) is 4.06. The van der Waals surface area contributed by atoms with Crippen molar-refractivity contribution in [1.82, 2.24) is 4.98 Å². The Hall–Kier alpha value is -1.34. The van der Waals surface area contributed by atoms with Crippen LogP contribution in [0.5, 0.6) is 0 Å². The lowest BCUT2D eigenvalue weighted by molar-refractivity contribution is 0.0948. The van der Waals surface area contributed by atoms with Crippen LogP contribution in [0.2, 0.25) is 0 Å². The van der Waals surface area contributed by atoms with E-state index in [0.29, 0.717) is 29.5 Å². The molecule has 1 heterocycles. The molecule has 0 amide bonds. The van der Waals surface area contributed by atoms with Crippen LogP contribution >= 0.6 is 22.6 Å². The Morgan fingerprint density at radius 1 is 1.36 bits per heavy atom. The molecule has 1 N–H and O–H groups in total. The predicted molar refractivity (Wildman–Crippen MR) is 91.4 cm³/mol. The van der Waals surface area contributed by atoms with Crippen LogP contribution in [0.3, 0.4) is 0 Å². The summed E-state index contributed by atoms with van der Waals surface area (Å²) in [7, 11) is 0. The highest BCUT2D eigenvalue weighted by Gasteiger charge is 2.14. The maximum atomic E-state index is 14.0. The van der Waals surface area contributed by atoms with Crippen LogP contribution < -0.4 is 0 Å². The molecule has 0 bridgehead atoms. The van der Waals surface area contributed by atoms with Gasteiger partial charge in [-0.3, -0.25) is 9.78 Å². The number of carbonyl (C=O) groups excluding carboxylic acids is 1. The molecule has 0 spiro atoms. The summed E-state index contributed by atoms with van der Waals surface area (Å²) >= 11 is 2.06. The number of halogens is 2. The van der Waals surface area contributed by atoms with Crippen LogP contribution in [-0.4, -0.2) is 22.0 Å². The number of pyridine rings is 1. The average Bonchev–Trinajstić information content (AvgIpc) is 2.48. The first-order chi connectivity index (χ1) is 10.5. The molecule has 3 nitrogen and oxygen atoms in total. The van der Waals surface area contributed by atoms with Crippen molar-refractivity contribution in [3.8, 4) is 0 Å². The third kappa shape index (κ3) is 4.58. The summed E-state index contributed by atoms with van der Waals surface area (Å²) < 4.78 is 14.8. The van der Waals surface area contributed by atoms with Gasteiger partial charge in [0.05, 0.1) is 6.10 Å². The Kier molecular flexibility index (Phi) is 6.02. The van der Waals surface area contributed by atoms with E-state index in [1.807, 2.05) is 6.07 Å². The van der Waals surface area contributed by atoms with Crippen LogP contribution in [-0.2, 0) is 6.42 Å². The van der Waals surface area contributed by atoms with E-state index in [-0.39, 0.29) is 18.0 Å². The van der Waals surface area contributed by atoms with Gasteiger partial charge in [0.25, 0.3) is 0 Å². The quantitative estimate of drug-likeness (QED) is 0.580. The molecule has 116 valence electrons. The molecule has 1 atom stereocenters. The fourth-order valence-electron chi connectivity index (χ4n) is 2.18. The van der Waals surface area contributed by atoms with Crippen molar-refractivity contribution in [3.05, 3.63) is 62.7 Å². The van der Waals surface area contributed by atoms with Crippen molar-refractivity contribution in [3.63, 3.8) is 0 Å². The number of nitrogens with zero attached hydrogens (tertiary/aromatic N) is 1. The van der Waals surface area contributed by atoms with Crippen molar-refractivity contribution in [1.29, 1.82) is 0 Å². The Bertz CT molecular complexity index is 673. The maximum absolute atomic E-state index is 14.0. The molecule has 0 radical (unpaired) electrons. The topological polar surface area (TPSA) is 50.2 Å². The van der Waals surface area contributed by atoms with Crippen molar-refractivity contribution in [2.45, 2.75) is 32.3 Å². The van der Waals surface area contributed by atoms with Crippen LogP contribution in [0.4, 0.5) is 4.39 Å². The number of hydrogen-bond donors (Lipinski definition) is 1. The first kappa shape index (κ1) is 17.0. The van der Waals surface area contributed by atoms with E-state index >= 15 is 0 Å². The fourth-order valence-corrected chi connectivity index (χ4v) is 2.64. The molecular formula is C17H17FINO2. The minimum absolute atomic E-state index is 0.0516. The van der Waals surface area contributed by atoms with Gasteiger partial charge in [-0.1, -0.05) is 6.07 Å². The van der Waals surface area contributed by atoms with Gasteiger partial charge in [0.15, 0.2) is 5.78 Å². The SMILES string of the molecule is C[C@H](O)CCC(=O)c1ccncc1Cc1ccc(I)cc1F. The van der Waals surface area contributed by atoms with Gasteiger partial charge in [-0.25, -0.2) is 4.39 Å². The van der Waals surface area contributed by atoms with E-state index in [1.165, 1.54) is 6.07 Å². The number of Topliss-reactive ketones (excluding diaryl/α,β-unsaturated/α-hetero) is 1. The Labute approximate surface area is 142 Å². The summed E-state index contributed by atoms with van der Waals surface area (Å²) in [4.78, 5) is 16.3. The summed E-state index contributed by atoms with van der Waals surface area (Å²) in [5, 5.41) is 9.30. The largest absolute Gasteiger partial charge is 0.393 e. The first-order valence-electron chi connectivity index (χ1n) is 7.05. The van der Waals surface area contributed by atoms with E-state index in [0.717, 1.165) is 3.57 Å². The van der Waals surface area contributed by atoms with E-state index in [4.69, 9.17) is 0 Å². The molecule has 0 aliphatic heterocycles. The molecule has 0 aliphatic rings. The van der Waals surface area contributed by atoms with Gasteiger partial charge in [0.1, 0.15) is 5.82 Å². The Morgan fingerprint density at radius 2 is 2.14 bits per heavy atom. The fraction of sp³-hybridized carbons (Fsp3) is 0.294. The van der Waals surface area contributed by atoms with Gasteiger partial charge < -0.3 is 5.11 Å². The standard InChI is InChI=1S/C17H17FINO2/c1-11(21)2-5-17(22)15-6-7-20-10-13(15)8-12-3-4-14(19)9-16(12)18/h3-4,6-7,9-11,21H,2,5,8H2,1H3/t11-/m0/s1. The highest BCUT2D eigenvalue weighted by Crippen LogP contribution is 2.19. The second-order valence-electron chi connectivity index (χ2n) is 5.26. The summed E-state index contributed by atoms with van der Waals surface area (Å²) in [5.41, 5.74) is 1.80. The van der Waals surface area contributed by atoms with E-state index in [9.17, 15) is 14.3 Å². The minimum atomic E-state index is -0.511. The number of aliphatic hydroxyl groups excluding tert-OH is 1. The zero-order valence-corrected chi connectivity index (χ0v) is 14.4. The summed E-state index contributed by atoms with van der Waals surface area (Å²) in [6.07, 6.45) is 3.66. The molecule has 1 aromatic heterocycles. The van der Waals surface area contributed by atoms with Crippen LogP contribution in [0.25, 0.3) is 0 Å². The van der Waals surface area contributed by atoms with Gasteiger partial charge >= 0.3 is 0 Å². The number of aliphatic hydroxyl groups is 1. The number of benzene rings is 1. The third-order valence-electron chi connectivity index (χ3n) is 3.39. The normalized spacial score (nSPS) is 12.2. The second kappa shape index (κ2) is 7.78. The lowest BCUT2D eigenvalue weighted by Gasteiger charge is -2.10. The summed E-state index contributed by atoms with van der Waals surface area (Å²) in [6, 6.07) is 6.70. The molecule has 2 rings (SSSR count). The van der Waals surface area contributed by atoms with Gasteiger partial charge in [0, 0.05) is 34.4 Å².